The van der Waals surface area contributed by atoms with Gasteiger partial charge in [-0.25, -0.2) is 0 Å². The van der Waals surface area contributed by atoms with Crippen LogP contribution in [-0.2, 0) is 9.53 Å². The Bertz CT molecular complexity index is 407. The van der Waals surface area contributed by atoms with Crippen molar-refractivity contribution in [2.75, 3.05) is 11.9 Å². The topological polar surface area (TPSA) is 38.3 Å². The van der Waals surface area contributed by atoms with Crippen LogP contribution in [0.3, 0.4) is 0 Å². The summed E-state index contributed by atoms with van der Waals surface area (Å²) in [5, 5.41) is 2.84. The molecule has 0 aliphatic heterocycles. The number of carbonyl (C=O) groups excluding carboxylic acids is 1. The molecule has 0 fully saturated rings. The molecule has 1 unspecified atom stereocenters. The van der Waals surface area contributed by atoms with Crippen LogP contribution in [0.4, 0.5) is 5.69 Å². The van der Waals surface area contributed by atoms with Gasteiger partial charge in [-0.2, -0.15) is 0 Å². The van der Waals surface area contributed by atoms with E-state index in [-0.39, 0.29) is 5.91 Å². The molecule has 1 amide bonds. The monoisotopic (exact) mass is 313 g/mol. The summed E-state index contributed by atoms with van der Waals surface area (Å²) >= 11 is 3.44. The highest BCUT2D eigenvalue weighted by Gasteiger charge is 2.13. The van der Waals surface area contributed by atoms with Crippen molar-refractivity contribution in [2.24, 2.45) is 0 Å². The number of carbonyl (C=O) groups is 1. The predicted molar refractivity (Wildman–Crippen MR) is 77.8 cm³/mol. The van der Waals surface area contributed by atoms with Crippen LogP contribution in [0.1, 0.15) is 32.3 Å². The molecule has 0 aromatic heterocycles. The van der Waals surface area contributed by atoms with Gasteiger partial charge in [0.25, 0.3) is 5.91 Å². The van der Waals surface area contributed by atoms with Gasteiger partial charge in [0, 0.05) is 16.8 Å². The normalized spacial score (nSPS) is 12.2. The Hall–Kier alpha value is -0.870. The minimum Gasteiger partial charge on any atom is -0.369 e. The van der Waals surface area contributed by atoms with Gasteiger partial charge in [-0.1, -0.05) is 35.3 Å². The number of ether oxygens (including phenoxy) is 1. The maximum atomic E-state index is 11.9. The number of halogens is 1. The number of rotatable bonds is 6. The SMILES string of the molecule is CCCCOC(C)C(=O)Nc1ccc(C)c(Br)c1. The first-order valence-corrected chi connectivity index (χ1v) is 7.02. The van der Waals surface area contributed by atoms with Crippen LogP contribution < -0.4 is 5.32 Å². The number of aryl methyl sites for hydroxylation is 1. The van der Waals surface area contributed by atoms with E-state index in [1.165, 1.54) is 0 Å². The summed E-state index contributed by atoms with van der Waals surface area (Å²) in [6.07, 6.45) is 1.63. The molecule has 0 saturated heterocycles. The van der Waals surface area contributed by atoms with Gasteiger partial charge in [0.15, 0.2) is 0 Å². The molecular weight excluding hydrogens is 294 g/mol. The Morgan fingerprint density at radius 1 is 1.50 bits per heavy atom. The minimum atomic E-state index is -0.420. The summed E-state index contributed by atoms with van der Waals surface area (Å²) < 4.78 is 6.43. The third-order valence-corrected chi connectivity index (χ3v) is 3.53. The molecule has 0 spiro atoms. The number of benzene rings is 1. The molecule has 4 heteroatoms. The first-order chi connectivity index (χ1) is 8.54. The number of hydrogen-bond acceptors (Lipinski definition) is 2. The molecule has 1 rings (SSSR count). The van der Waals surface area contributed by atoms with Gasteiger partial charge in [-0.05, 0) is 38.0 Å². The van der Waals surface area contributed by atoms with Crippen LogP contribution in [0.2, 0.25) is 0 Å². The van der Waals surface area contributed by atoms with Crippen molar-refractivity contribution in [3.63, 3.8) is 0 Å². The molecule has 0 heterocycles. The third kappa shape index (κ3) is 4.78. The Kier molecular flexibility index (Phi) is 6.36. The van der Waals surface area contributed by atoms with Crippen LogP contribution >= 0.6 is 15.9 Å². The van der Waals surface area contributed by atoms with E-state index in [1.54, 1.807) is 6.92 Å². The quantitative estimate of drug-likeness (QED) is 0.809. The molecule has 1 N–H and O–H groups in total. The zero-order valence-electron chi connectivity index (χ0n) is 11.1. The molecule has 100 valence electrons. The Labute approximate surface area is 117 Å². The zero-order valence-corrected chi connectivity index (χ0v) is 12.7. The van der Waals surface area contributed by atoms with Crippen molar-refractivity contribution in [3.05, 3.63) is 28.2 Å². The van der Waals surface area contributed by atoms with Crippen LogP contribution in [0.25, 0.3) is 0 Å². The van der Waals surface area contributed by atoms with Crippen molar-refractivity contribution in [1.29, 1.82) is 0 Å². The largest absolute Gasteiger partial charge is 0.369 e. The lowest BCUT2D eigenvalue weighted by atomic mass is 10.2. The Balaban J connectivity index is 2.50. The van der Waals surface area contributed by atoms with Crippen LogP contribution in [0, 0.1) is 6.92 Å². The highest BCUT2D eigenvalue weighted by Crippen LogP contribution is 2.20. The fourth-order valence-corrected chi connectivity index (χ4v) is 1.77. The summed E-state index contributed by atoms with van der Waals surface area (Å²) in [5.41, 5.74) is 1.92. The Morgan fingerprint density at radius 3 is 2.83 bits per heavy atom. The van der Waals surface area contributed by atoms with Crippen molar-refractivity contribution in [2.45, 2.75) is 39.7 Å². The van der Waals surface area contributed by atoms with Crippen molar-refractivity contribution >= 4 is 27.5 Å². The van der Waals surface area contributed by atoms with E-state index in [0.717, 1.165) is 28.6 Å². The van der Waals surface area contributed by atoms with Gasteiger partial charge in [0.1, 0.15) is 6.10 Å². The van der Waals surface area contributed by atoms with E-state index in [0.29, 0.717) is 6.61 Å². The molecule has 1 atom stereocenters. The Morgan fingerprint density at radius 2 is 2.22 bits per heavy atom. The second kappa shape index (κ2) is 7.54. The molecule has 0 radical (unpaired) electrons. The molecule has 18 heavy (non-hydrogen) atoms. The second-order valence-corrected chi connectivity index (χ2v) is 5.17. The summed E-state index contributed by atoms with van der Waals surface area (Å²) in [7, 11) is 0. The highest BCUT2D eigenvalue weighted by molar-refractivity contribution is 9.10. The standard InChI is InChI=1S/C14H20BrNO2/c1-4-5-8-18-11(3)14(17)16-12-7-6-10(2)13(15)9-12/h6-7,9,11H,4-5,8H2,1-3H3,(H,16,17). The fraction of sp³-hybridized carbons (Fsp3) is 0.500. The number of anilines is 1. The number of amides is 1. The number of unbranched alkanes of at least 4 members (excludes halogenated alkanes) is 1. The van der Waals surface area contributed by atoms with Crippen LogP contribution in [0.5, 0.6) is 0 Å². The first-order valence-electron chi connectivity index (χ1n) is 6.23. The van der Waals surface area contributed by atoms with Crippen molar-refractivity contribution in [1.82, 2.24) is 0 Å². The smallest absolute Gasteiger partial charge is 0.253 e. The molecule has 0 saturated carbocycles. The molecule has 0 aliphatic rings. The van der Waals surface area contributed by atoms with E-state index in [2.05, 4.69) is 28.2 Å². The minimum absolute atomic E-state index is 0.109. The van der Waals surface area contributed by atoms with E-state index in [9.17, 15) is 4.79 Å². The molecule has 0 bridgehead atoms. The van der Waals surface area contributed by atoms with Crippen molar-refractivity contribution in [3.8, 4) is 0 Å². The molecule has 1 aromatic rings. The van der Waals surface area contributed by atoms with Gasteiger partial charge < -0.3 is 10.1 Å². The maximum Gasteiger partial charge on any atom is 0.253 e. The average Bonchev–Trinajstić information content (AvgIpc) is 2.34. The van der Waals surface area contributed by atoms with E-state index in [4.69, 9.17) is 4.74 Å². The zero-order chi connectivity index (χ0) is 13.5. The van der Waals surface area contributed by atoms with Gasteiger partial charge >= 0.3 is 0 Å². The maximum absolute atomic E-state index is 11.9. The van der Waals surface area contributed by atoms with Gasteiger partial charge in [0.2, 0.25) is 0 Å². The molecular formula is C14H20BrNO2. The molecule has 3 nitrogen and oxygen atoms in total. The average molecular weight is 314 g/mol. The number of hydrogen-bond donors (Lipinski definition) is 1. The van der Waals surface area contributed by atoms with Gasteiger partial charge in [-0.15, -0.1) is 0 Å². The van der Waals surface area contributed by atoms with E-state index in [1.807, 2.05) is 25.1 Å². The summed E-state index contributed by atoms with van der Waals surface area (Å²) in [6, 6.07) is 5.74. The fourth-order valence-electron chi connectivity index (χ4n) is 1.39. The first kappa shape index (κ1) is 15.2. The highest BCUT2D eigenvalue weighted by atomic mass is 79.9. The summed E-state index contributed by atoms with van der Waals surface area (Å²) in [6.45, 7) is 6.50. The predicted octanol–water partition coefficient (Wildman–Crippen LogP) is 3.90. The molecule has 0 aliphatic carbocycles. The van der Waals surface area contributed by atoms with Crippen molar-refractivity contribution < 1.29 is 9.53 Å². The van der Waals surface area contributed by atoms with Crippen LogP contribution in [0.15, 0.2) is 22.7 Å². The molecule has 1 aromatic carbocycles. The van der Waals surface area contributed by atoms with E-state index >= 15 is 0 Å². The van der Waals surface area contributed by atoms with Gasteiger partial charge in [0.05, 0.1) is 0 Å². The lowest BCUT2D eigenvalue weighted by molar-refractivity contribution is -0.126. The lowest BCUT2D eigenvalue weighted by Gasteiger charge is -2.13. The lowest BCUT2D eigenvalue weighted by Crippen LogP contribution is -2.28. The van der Waals surface area contributed by atoms with Crippen LogP contribution in [-0.4, -0.2) is 18.6 Å². The van der Waals surface area contributed by atoms with Gasteiger partial charge in [-0.3, -0.25) is 4.79 Å². The third-order valence-electron chi connectivity index (χ3n) is 2.67. The van der Waals surface area contributed by atoms with E-state index < -0.39 is 6.10 Å². The summed E-state index contributed by atoms with van der Waals surface area (Å²) in [5.74, 6) is -0.109. The summed E-state index contributed by atoms with van der Waals surface area (Å²) in [4.78, 5) is 11.9. The number of nitrogens with one attached hydrogen (secondary N) is 1. The second-order valence-electron chi connectivity index (χ2n) is 4.32.